The van der Waals surface area contributed by atoms with Crippen molar-refractivity contribution in [1.29, 1.82) is 0 Å². The highest BCUT2D eigenvalue weighted by molar-refractivity contribution is 7.89. The molecule has 0 unspecified atom stereocenters. The number of hydrogen-bond donors (Lipinski definition) is 0. The Bertz CT molecular complexity index is 1030. The summed E-state index contributed by atoms with van der Waals surface area (Å²) in [7, 11) is -4.03. The summed E-state index contributed by atoms with van der Waals surface area (Å²) in [6.07, 6.45) is 2.16. The molecular weight excluding hydrogens is 402 g/mol. The molecule has 2 aromatic carbocycles. The number of sulfonamides is 1. The molecule has 158 valence electrons. The van der Waals surface area contributed by atoms with Crippen molar-refractivity contribution < 1.29 is 22.7 Å². The molecule has 0 N–H and O–H groups in total. The maximum absolute atomic E-state index is 13.3. The number of benzene rings is 2. The Morgan fingerprint density at radius 3 is 2.47 bits per heavy atom. The molecule has 1 aliphatic carbocycles. The zero-order valence-corrected chi connectivity index (χ0v) is 17.7. The highest BCUT2D eigenvalue weighted by Gasteiger charge is 2.55. The molecule has 2 aromatic rings. The maximum Gasteiger partial charge on any atom is 0.308 e. The highest BCUT2D eigenvalue weighted by atomic mass is 32.2. The van der Waals surface area contributed by atoms with Gasteiger partial charge in [-0.3, -0.25) is 9.59 Å². The van der Waals surface area contributed by atoms with Gasteiger partial charge in [0.2, 0.25) is 5.91 Å². The fourth-order valence-corrected chi connectivity index (χ4v) is 6.25. The predicted molar refractivity (Wildman–Crippen MR) is 111 cm³/mol. The van der Waals surface area contributed by atoms with E-state index in [9.17, 15) is 18.0 Å². The minimum Gasteiger partial charge on any atom is -0.461 e. The topological polar surface area (TPSA) is 80.8 Å². The highest BCUT2D eigenvalue weighted by Crippen LogP contribution is 2.46. The molecule has 0 aromatic heterocycles. The zero-order valence-electron chi connectivity index (χ0n) is 16.9. The van der Waals surface area contributed by atoms with Crippen molar-refractivity contribution in [2.45, 2.75) is 50.2 Å². The average Bonchev–Trinajstić information content (AvgIpc) is 3.31. The van der Waals surface area contributed by atoms with Gasteiger partial charge < -0.3 is 4.74 Å². The van der Waals surface area contributed by atoms with Crippen molar-refractivity contribution in [3.05, 3.63) is 65.7 Å². The standard InChI is InChI=1S/C23H25NO5S/c1-16-10-12-18(13-11-16)30(27,28)24-21(19-8-5-9-20(19)23(24)26)14-22(25)29-15-17-6-3-2-4-7-17/h2-4,6-7,10-13,19-21H,5,8-9,14-15H2,1H3/t19-,20+,21+/m1/s1. The summed E-state index contributed by atoms with van der Waals surface area (Å²) in [5, 5.41) is 0. The number of hydrogen-bond acceptors (Lipinski definition) is 5. The Balaban J connectivity index is 1.56. The van der Waals surface area contributed by atoms with Crippen molar-refractivity contribution in [2.24, 2.45) is 11.8 Å². The second-order valence-corrected chi connectivity index (χ2v) is 9.89. The van der Waals surface area contributed by atoms with Gasteiger partial charge in [-0.2, -0.15) is 0 Å². The van der Waals surface area contributed by atoms with Gasteiger partial charge in [0.1, 0.15) is 6.61 Å². The Morgan fingerprint density at radius 1 is 1.07 bits per heavy atom. The Kier molecular flexibility index (Phi) is 5.64. The smallest absolute Gasteiger partial charge is 0.308 e. The van der Waals surface area contributed by atoms with E-state index in [2.05, 4.69) is 0 Å². The molecule has 2 aliphatic rings. The van der Waals surface area contributed by atoms with Crippen LogP contribution in [0, 0.1) is 18.8 Å². The summed E-state index contributed by atoms with van der Waals surface area (Å²) >= 11 is 0. The van der Waals surface area contributed by atoms with E-state index in [1.807, 2.05) is 37.3 Å². The molecule has 2 fully saturated rings. The van der Waals surface area contributed by atoms with E-state index < -0.39 is 22.0 Å². The van der Waals surface area contributed by atoms with Crippen LogP contribution in [0.25, 0.3) is 0 Å². The monoisotopic (exact) mass is 427 g/mol. The van der Waals surface area contributed by atoms with Gasteiger partial charge in [-0.05, 0) is 43.4 Å². The number of ether oxygens (including phenoxy) is 1. The van der Waals surface area contributed by atoms with Crippen LogP contribution >= 0.6 is 0 Å². The van der Waals surface area contributed by atoms with Gasteiger partial charge in [-0.25, -0.2) is 12.7 Å². The molecule has 3 atom stereocenters. The third kappa shape index (κ3) is 3.86. The molecule has 1 saturated carbocycles. The van der Waals surface area contributed by atoms with Crippen LogP contribution in [0.4, 0.5) is 0 Å². The SMILES string of the molecule is Cc1ccc(S(=O)(=O)N2C(=O)[C@H]3CCC[C@H]3[C@@H]2CC(=O)OCc2ccccc2)cc1. The van der Waals surface area contributed by atoms with Crippen molar-refractivity contribution in [2.75, 3.05) is 0 Å². The van der Waals surface area contributed by atoms with E-state index in [4.69, 9.17) is 4.74 Å². The van der Waals surface area contributed by atoms with Crippen LogP contribution in [0.5, 0.6) is 0 Å². The van der Waals surface area contributed by atoms with Crippen LogP contribution < -0.4 is 0 Å². The van der Waals surface area contributed by atoms with Crippen LogP contribution in [0.1, 0.15) is 36.8 Å². The normalized spacial score (nSPS) is 23.4. The summed E-state index contributed by atoms with van der Waals surface area (Å²) in [5.41, 5.74) is 1.79. The number of rotatable bonds is 6. The lowest BCUT2D eigenvalue weighted by atomic mass is 9.92. The minimum atomic E-state index is -4.03. The number of esters is 1. The second-order valence-electron chi connectivity index (χ2n) is 8.07. The summed E-state index contributed by atoms with van der Waals surface area (Å²) in [6, 6.07) is 15.0. The summed E-state index contributed by atoms with van der Waals surface area (Å²) < 4.78 is 33.0. The molecule has 30 heavy (non-hydrogen) atoms. The molecule has 4 rings (SSSR count). The first-order valence-corrected chi connectivity index (χ1v) is 11.7. The first-order chi connectivity index (χ1) is 14.4. The number of amides is 1. The molecule has 1 heterocycles. The van der Waals surface area contributed by atoms with Gasteiger partial charge in [-0.15, -0.1) is 0 Å². The van der Waals surface area contributed by atoms with Crippen LogP contribution in [-0.2, 0) is 31.0 Å². The lowest BCUT2D eigenvalue weighted by molar-refractivity contribution is -0.146. The number of carbonyl (C=O) groups is 2. The first kappa shape index (κ1) is 20.6. The Morgan fingerprint density at radius 2 is 1.77 bits per heavy atom. The van der Waals surface area contributed by atoms with Crippen molar-refractivity contribution in [1.82, 2.24) is 4.31 Å². The van der Waals surface area contributed by atoms with Crippen LogP contribution in [-0.4, -0.2) is 30.6 Å². The van der Waals surface area contributed by atoms with Gasteiger partial charge in [0, 0.05) is 5.92 Å². The third-order valence-corrected chi connectivity index (χ3v) is 7.93. The quantitative estimate of drug-likeness (QED) is 0.660. The van der Waals surface area contributed by atoms with Gasteiger partial charge in [-0.1, -0.05) is 54.4 Å². The molecular formula is C23H25NO5S. The molecule has 0 radical (unpaired) electrons. The van der Waals surface area contributed by atoms with Crippen LogP contribution in [0.2, 0.25) is 0 Å². The van der Waals surface area contributed by atoms with Crippen molar-refractivity contribution in [3.63, 3.8) is 0 Å². The summed E-state index contributed by atoms with van der Waals surface area (Å²) in [6.45, 7) is 1.99. The van der Waals surface area contributed by atoms with Crippen LogP contribution in [0.3, 0.4) is 0 Å². The van der Waals surface area contributed by atoms with E-state index in [1.165, 1.54) is 12.1 Å². The average molecular weight is 428 g/mol. The largest absolute Gasteiger partial charge is 0.461 e. The maximum atomic E-state index is 13.3. The number of aryl methyl sites for hydroxylation is 1. The lowest BCUT2D eigenvalue weighted by Crippen LogP contribution is -2.42. The number of fused-ring (bicyclic) bond motifs is 1. The second kappa shape index (κ2) is 8.22. The fraction of sp³-hybridized carbons (Fsp3) is 0.391. The van der Waals surface area contributed by atoms with Crippen molar-refractivity contribution in [3.8, 4) is 0 Å². The molecule has 1 amide bonds. The molecule has 6 nitrogen and oxygen atoms in total. The first-order valence-electron chi connectivity index (χ1n) is 10.2. The Labute approximate surface area is 176 Å². The van der Waals surface area contributed by atoms with Gasteiger partial charge in [0.15, 0.2) is 0 Å². The zero-order chi connectivity index (χ0) is 21.3. The Hall–Kier alpha value is -2.67. The van der Waals surface area contributed by atoms with E-state index in [0.29, 0.717) is 6.42 Å². The van der Waals surface area contributed by atoms with Gasteiger partial charge in [0.05, 0.1) is 17.4 Å². The molecule has 7 heteroatoms. The molecule has 0 spiro atoms. The third-order valence-electron chi connectivity index (χ3n) is 6.10. The van der Waals surface area contributed by atoms with E-state index in [1.54, 1.807) is 12.1 Å². The predicted octanol–water partition coefficient (Wildman–Crippen LogP) is 3.44. The fourth-order valence-electron chi connectivity index (χ4n) is 4.58. The molecule has 1 saturated heterocycles. The van der Waals surface area contributed by atoms with Gasteiger partial charge in [0.25, 0.3) is 10.0 Å². The van der Waals surface area contributed by atoms with Crippen molar-refractivity contribution >= 4 is 21.9 Å². The van der Waals surface area contributed by atoms with Gasteiger partial charge >= 0.3 is 5.97 Å². The summed E-state index contributed by atoms with van der Waals surface area (Å²) in [4.78, 5) is 25.7. The number of nitrogens with zero attached hydrogens (tertiary/aromatic N) is 1. The lowest BCUT2D eigenvalue weighted by Gasteiger charge is -2.26. The van der Waals surface area contributed by atoms with E-state index in [-0.39, 0.29) is 35.7 Å². The minimum absolute atomic E-state index is 0.0732. The summed E-state index contributed by atoms with van der Waals surface area (Å²) in [5.74, 6) is -1.36. The molecule has 0 bridgehead atoms. The molecule has 1 aliphatic heterocycles. The van der Waals surface area contributed by atoms with E-state index >= 15 is 0 Å². The van der Waals surface area contributed by atoms with E-state index in [0.717, 1.165) is 28.3 Å². The number of carbonyl (C=O) groups excluding carboxylic acids is 2. The van der Waals surface area contributed by atoms with Crippen LogP contribution in [0.15, 0.2) is 59.5 Å².